The highest BCUT2D eigenvalue weighted by molar-refractivity contribution is 7.99. The number of amides is 1. The Morgan fingerprint density at radius 2 is 2.26 bits per heavy atom. The van der Waals surface area contributed by atoms with Gasteiger partial charge in [0.05, 0.1) is 11.1 Å². The fourth-order valence-electron chi connectivity index (χ4n) is 3.43. The van der Waals surface area contributed by atoms with Crippen LogP contribution in [0.3, 0.4) is 0 Å². The van der Waals surface area contributed by atoms with E-state index in [1.165, 1.54) is 29.5 Å². The summed E-state index contributed by atoms with van der Waals surface area (Å²) in [6, 6.07) is 4.01. The number of nitrogens with zero attached hydrogens (tertiary/aromatic N) is 3. The first-order chi connectivity index (χ1) is 13.0. The molecular weight excluding hydrogens is 398 g/mol. The summed E-state index contributed by atoms with van der Waals surface area (Å²) in [4.78, 5) is 33.9. The number of carbonyl (C=O) groups is 1. The van der Waals surface area contributed by atoms with Crippen molar-refractivity contribution >= 4 is 50.6 Å². The van der Waals surface area contributed by atoms with Crippen LogP contribution in [0.2, 0.25) is 0 Å². The normalized spacial score (nSPS) is 17.6. The molecule has 4 rings (SSSR count). The van der Waals surface area contributed by atoms with Crippen molar-refractivity contribution in [1.82, 2.24) is 14.5 Å². The molecule has 0 aromatic carbocycles. The van der Waals surface area contributed by atoms with Crippen LogP contribution in [0.5, 0.6) is 0 Å². The zero-order chi connectivity index (χ0) is 19.0. The molecule has 1 aliphatic rings. The number of carbonyl (C=O) groups excluding carboxylic acids is 1. The second kappa shape index (κ2) is 7.77. The number of rotatable bonds is 4. The highest BCUT2D eigenvalue weighted by atomic mass is 32.2. The maximum absolute atomic E-state index is 12.9. The first kappa shape index (κ1) is 18.7. The minimum atomic E-state index is -0.0498. The minimum absolute atomic E-state index is 0.0498. The Bertz CT molecular complexity index is 1020. The van der Waals surface area contributed by atoms with Crippen molar-refractivity contribution in [2.45, 2.75) is 24.9 Å². The Kier molecular flexibility index (Phi) is 5.39. The van der Waals surface area contributed by atoms with Crippen LogP contribution in [0, 0.1) is 5.92 Å². The molecule has 0 radical (unpaired) electrons. The van der Waals surface area contributed by atoms with E-state index in [4.69, 9.17) is 0 Å². The van der Waals surface area contributed by atoms with Gasteiger partial charge in [0.2, 0.25) is 5.91 Å². The van der Waals surface area contributed by atoms with E-state index in [0.29, 0.717) is 22.2 Å². The molecule has 1 aliphatic heterocycles. The number of thiophene rings is 2. The minimum Gasteiger partial charge on any atom is -0.342 e. The number of aromatic nitrogens is 2. The molecule has 4 heterocycles. The molecule has 5 nitrogen and oxygen atoms in total. The molecule has 0 N–H and O–H groups in total. The van der Waals surface area contributed by atoms with Gasteiger partial charge in [-0.05, 0) is 30.2 Å². The van der Waals surface area contributed by atoms with Crippen LogP contribution in [0.4, 0.5) is 0 Å². The average molecular weight is 420 g/mol. The van der Waals surface area contributed by atoms with E-state index in [-0.39, 0.29) is 11.5 Å². The fourth-order valence-corrected chi connectivity index (χ4v) is 6.11. The van der Waals surface area contributed by atoms with Crippen molar-refractivity contribution in [2.24, 2.45) is 13.0 Å². The summed E-state index contributed by atoms with van der Waals surface area (Å²) in [5.74, 6) is 1.02. The van der Waals surface area contributed by atoms with Gasteiger partial charge >= 0.3 is 0 Å². The zero-order valence-corrected chi connectivity index (χ0v) is 17.8. The van der Waals surface area contributed by atoms with Gasteiger partial charge in [-0.3, -0.25) is 14.2 Å². The van der Waals surface area contributed by atoms with Gasteiger partial charge in [0, 0.05) is 36.0 Å². The lowest BCUT2D eigenvalue weighted by Gasteiger charge is -2.30. The molecular formula is C19H21N3O2S3. The van der Waals surface area contributed by atoms with Crippen molar-refractivity contribution < 1.29 is 4.79 Å². The fraction of sp³-hybridized carbons (Fsp3) is 0.421. The number of likely N-dealkylation sites (tertiary alicyclic amines) is 1. The summed E-state index contributed by atoms with van der Waals surface area (Å²) in [6.07, 6.45) is 2.26. The van der Waals surface area contributed by atoms with Gasteiger partial charge in [-0.25, -0.2) is 4.98 Å². The van der Waals surface area contributed by atoms with Gasteiger partial charge in [-0.2, -0.15) is 0 Å². The van der Waals surface area contributed by atoms with Crippen molar-refractivity contribution in [3.63, 3.8) is 0 Å². The highest BCUT2D eigenvalue weighted by Crippen LogP contribution is 2.34. The van der Waals surface area contributed by atoms with E-state index >= 15 is 0 Å². The lowest BCUT2D eigenvalue weighted by Crippen LogP contribution is -2.40. The lowest BCUT2D eigenvalue weighted by atomic mass is 10.0. The van der Waals surface area contributed by atoms with Crippen molar-refractivity contribution in [2.75, 3.05) is 18.8 Å². The molecule has 8 heteroatoms. The predicted octanol–water partition coefficient (Wildman–Crippen LogP) is 4.07. The second-order valence-electron chi connectivity index (χ2n) is 6.94. The summed E-state index contributed by atoms with van der Waals surface area (Å²) in [5, 5.41) is 5.28. The molecule has 1 amide bonds. The van der Waals surface area contributed by atoms with Crippen LogP contribution in [0.15, 0.2) is 32.8 Å². The molecule has 27 heavy (non-hydrogen) atoms. The van der Waals surface area contributed by atoms with Crippen LogP contribution < -0.4 is 5.56 Å². The van der Waals surface area contributed by atoms with E-state index in [1.54, 1.807) is 23.0 Å². The molecule has 142 valence electrons. The maximum atomic E-state index is 12.9. The van der Waals surface area contributed by atoms with Gasteiger partial charge in [0.15, 0.2) is 5.16 Å². The monoisotopic (exact) mass is 419 g/mol. The number of piperidine rings is 1. The third kappa shape index (κ3) is 3.70. The quantitative estimate of drug-likeness (QED) is 0.472. The third-order valence-corrected chi connectivity index (χ3v) is 7.69. The number of thioether (sulfide) groups is 1. The van der Waals surface area contributed by atoms with Crippen molar-refractivity contribution in [3.8, 4) is 10.4 Å². The van der Waals surface area contributed by atoms with Gasteiger partial charge in [-0.1, -0.05) is 24.8 Å². The topological polar surface area (TPSA) is 55.2 Å². The van der Waals surface area contributed by atoms with E-state index in [2.05, 4.69) is 11.9 Å². The molecule has 1 fully saturated rings. The molecule has 0 saturated carbocycles. The summed E-state index contributed by atoms with van der Waals surface area (Å²) < 4.78 is 1.57. The summed E-state index contributed by atoms with van der Waals surface area (Å²) in [7, 11) is 1.74. The van der Waals surface area contributed by atoms with Gasteiger partial charge in [-0.15, -0.1) is 22.7 Å². The Balaban J connectivity index is 1.57. The molecule has 0 aliphatic carbocycles. The standard InChI is InChI=1S/C19H21N3O2S3/c1-12-5-3-7-22(9-12)15(23)11-27-19-20-17-16(18(24)21(19)2)13(10-26-17)14-6-4-8-25-14/h4,6,8,10,12H,3,5,7,9,11H2,1-2H3. The van der Waals surface area contributed by atoms with Crippen LogP contribution in [0.25, 0.3) is 20.7 Å². The highest BCUT2D eigenvalue weighted by Gasteiger charge is 2.22. The zero-order valence-electron chi connectivity index (χ0n) is 15.3. The van der Waals surface area contributed by atoms with Gasteiger partial charge in [0.1, 0.15) is 4.83 Å². The third-order valence-electron chi connectivity index (χ3n) is 4.90. The van der Waals surface area contributed by atoms with E-state index in [0.717, 1.165) is 34.8 Å². The van der Waals surface area contributed by atoms with Crippen LogP contribution in [-0.2, 0) is 11.8 Å². The van der Waals surface area contributed by atoms with Crippen LogP contribution in [-0.4, -0.2) is 39.2 Å². The van der Waals surface area contributed by atoms with Crippen molar-refractivity contribution in [3.05, 3.63) is 33.2 Å². The summed E-state index contributed by atoms with van der Waals surface area (Å²) in [5.41, 5.74) is 0.902. The SMILES string of the molecule is CC1CCCN(C(=O)CSc2nc3scc(-c4cccs4)c3c(=O)n2C)C1. The van der Waals surface area contributed by atoms with Crippen LogP contribution >= 0.6 is 34.4 Å². The molecule has 1 atom stereocenters. The molecule has 0 bridgehead atoms. The van der Waals surface area contributed by atoms with E-state index in [9.17, 15) is 9.59 Å². The summed E-state index contributed by atoms with van der Waals surface area (Å²) in [6.45, 7) is 3.86. The molecule has 3 aromatic heterocycles. The van der Waals surface area contributed by atoms with Crippen LogP contribution in [0.1, 0.15) is 19.8 Å². The largest absolute Gasteiger partial charge is 0.342 e. The van der Waals surface area contributed by atoms with Crippen molar-refractivity contribution in [1.29, 1.82) is 0 Å². The van der Waals surface area contributed by atoms with Gasteiger partial charge < -0.3 is 4.90 Å². The Labute approximate surface area is 170 Å². The van der Waals surface area contributed by atoms with E-state index in [1.807, 2.05) is 27.8 Å². The Morgan fingerprint density at radius 1 is 1.41 bits per heavy atom. The number of hydrogen-bond acceptors (Lipinski definition) is 6. The predicted molar refractivity (Wildman–Crippen MR) is 114 cm³/mol. The maximum Gasteiger partial charge on any atom is 0.263 e. The Hall–Kier alpha value is -1.64. The molecule has 1 unspecified atom stereocenters. The van der Waals surface area contributed by atoms with E-state index < -0.39 is 0 Å². The molecule has 0 spiro atoms. The number of hydrogen-bond donors (Lipinski definition) is 0. The molecule has 1 saturated heterocycles. The van der Waals surface area contributed by atoms with Gasteiger partial charge in [0.25, 0.3) is 5.56 Å². The second-order valence-corrected chi connectivity index (χ2v) is 9.69. The number of fused-ring (bicyclic) bond motifs is 1. The Morgan fingerprint density at radius 3 is 3.00 bits per heavy atom. The molecule has 3 aromatic rings. The average Bonchev–Trinajstić information content (AvgIpc) is 3.32. The lowest BCUT2D eigenvalue weighted by molar-refractivity contribution is -0.130. The first-order valence-electron chi connectivity index (χ1n) is 8.97. The first-order valence-corrected chi connectivity index (χ1v) is 11.7. The summed E-state index contributed by atoms with van der Waals surface area (Å²) >= 11 is 4.46. The smallest absolute Gasteiger partial charge is 0.263 e.